The molecule has 1 N–H and O–H groups in total. The van der Waals surface area contributed by atoms with E-state index in [1.165, 1.54) is 0 Å². The third-order valence-corrected chi connectivity index (χ3v) is 2.13. The first-order valence-corrected chi connectivity index (χ1v) is 4.59. The fraction of sp³-hybridized carbons (Fsp3) is 0.182. The van der Waals surface area contributed by atoms with E-state index >= 15 is 0 Å². The Morgan fingerprint density at radius 1 is 1.57 bits per heavy atom. The molecule has 0 aliphatic heterocycles. The van der Waals surface area contributed by atoms with Gasteiger partial charge in [-0.2, -0.15) is 5.26 Å². The van der Waals surface area contributed by atoms with Crippen molar-refractivity contribution in [2.75, 3.05) is 5.32 Å². The first kappa shape index (κ1) is 10.6. The minimum atomic E-state index is -0.394. The second-order valence-corrected chi connectivity index (χ2v) is 3.44. The molecule has 1 aromatic rings. The van der Waals surface area contributed by atoms with Crippen LogP contribution in [0.2, 0.25) is 5.02 Å². The van der Waals surface area contributed by atoms with Gasteiger partial charge in [0.05, 0.1) is 16.8 Å². The quantitative estimate of drug-likeness (QED) is 0.771. The molecule has 0 bridgehead atoms. The van der Waals surface area contributed by atoms with E-state index in [2.05, 4.69) is 18.0 Å². The standard InChI is InChI=1S/C11H11ClN2/c1-8(2)11(7-13)14-10-6-4-3-5-9(10)12/h3-6,11,14H,1H2,2H3. The second kappa shape index (κ2) is 4.69. The van der Waals surface area contributed by atoms with Crippen LogP contribution in [-0.2, 0) is 0 Å². The number of anilines is 1. The van der Waals surface area contributed by atoms with Crippen molar-refractivity contribution >= 4 is 17.3 Å². The summed E-state index contributed by atoms with van der Waals surface area (Å²) >= 11 is 5.93. The lowest BCUT2D eigenvalue weighted by Crippen LogP contribution is -2.17. The second-order valence-electron chi connectivity index (χ2n) is 3.03. The number of nitriles is 1. The Balaban J connectivity index is 2.84. The van der Waals surface area contributed by atoms with Crippen molar-refractivity contribution in [3.8, 4) is 6.07 Å². The summed E-state index contributed by atoms with van der Waals surface area (Å²) < 4.78 is 0. The summed E-state index contributed by atoms with van der Waals surface area (Å²) in [5.41, 5.74) is 1.52. The van der Waals surface area contributed by atoms with Gasteiger partial charge in [0, 0.05) is 0 Å². The van der Waals surface area contributed by atoms with Gasteiger partial charge in [-0.25, -0.2) is 0 Å². The fourth-order valence-electron chi connectivity index (χ4n) is 0.999. The number of nitrogens with one attached hydrogen (secondary N) is 1. The lowest BCUT2D eigenvalue weighted by atomic mass is 10.1. The average Bonchev–Trinajstić information content (AvgIpc) is 2.16. The highest BCUT2D eigenvalue weighted by molar-refractivity contribution is 6.33. The van der Waals surface area contributed by atoms with E-state index in [4.69, 9.17) is 16.9 Å². The number of hydrogen-bond acceptors (Lipinski definition) is 2. The monoisotopic (exact) mass is 206 g/mol. The summed E-state index contributed by atoms with van der Waals surface area (Å²) in [7, 11) is 0. The molecule has 0 heterocycles. The Morgan fingerprint density at radius 3 is 2.71 bits per heavy atom. The molecule has 0 aliphatic rings. The highest BCUT2D eigenvalue weighted by Gasteiger charge is 2.08. The third kappa shape index (κ3) is 2.51. The van der Waals surface area contributed by atoms with Crippen molar-refractivity contribution in [3.05, 3.63) is 41.4 Å². The zero-order valence-electron chi connectivity index (χ0n) is 7.92. The molecule has 0 spiro atoms. The number of nitrogens with zero attached hydrogens (tertiary/aromatic N) is 1. The maximum absolute atomic E-state index is 8.83. The van der Waals surface area contributed by atoms with Gasteiger partial charge in [0.25, 0.3) is 0 Å². The molecule has 14 heavy (non-hydrogen) atoms. The Bertz CT molecular complexity index is 379. The largest absolute Gasteiger partial charge is 0.365 e. The Labute approximate surface area is 88.8 Å². The van der Waals surface area contributed by atoms with Crippen LogP contribution < -0.4 is 5.32 Å². The SMILES string of the molecule is C=C(C)C(C#N)Nc1ccccc1Cl. The summed E-state index contributed by atoms with van der Waals surface area (Å²) in [6, 6.07) is 9.02. The van der Waals surface area contributed by atoms with Gasteiger partial charge in [-0.1, -0.05) is 30.3 Å². The van der Waals surface area contributed by atoms with E-state index in [1.54, 1.807) is 13.0 Å². The molecule has 2 nitrogen and oxygen atoms in total. The minimum absolute atomic E-state index is 0.394. The van der Waals surface area contributed by atoms with Gasteiger partial charge in [0.2, 0.25) is 0 Å². The van der Waals surface area contributed by atoms with Gasteiger partial charge in [-0.15, -0.1) is 0 Å². The van der Waals surface area contributed by atoms with Crippen molar-refractivity contribution in [2.45, 2.75) is 13.0 Å². The van der Waals surface area contributed by atoms with Gasteiger partial charge in [-0.3, -0.25) is 0 Å². The number of para-hydroxylation sites is 1. The topological polar surface area (TPSA) is 35.8 Å². The first-order chi connectivity index (χ1) is 6.65. The molecule has 72 valence electrons. The van der Waals surface area contributed by atoms with Crippen LogP contribution in [0.15, 0.2) is 36.4 Å². The summed E-state index contributed by atoms with van der Waals surface area (Å²) in [6.45, 7) is 5.53. The third-order valence-electron chi connectivity index (χ3n) is 1.80. The highest BCUT2D eigenvalue weighted by atomic mass is 35.5. The van der Waals surface area contributed by atoms with Gasteiger partial charge in [-0.05, 0) is 24.6 Å². The van der Waals surface area contributed by atoms with Crippen molar-refractivity contribution < 1.29 is 0 Å². The van der Waals surface area contributed by atoms with E-state index in [-0.39, 0.29) is 0 Å². The summed E-state index contributed by atoms with van der Waals surface area (Å²) in [6.07, 6.45) is 0. The molecular weight excluding hydrogens is 196 g/mol. The smallest absolute Gasteiger partial charge is 0.135 e. The van der Waals surface area contributed by atoms with E-state index in [1.807, 2.05) is 18.2 Å². The van der Waals surface area contributed by atoms with E-state index in [0.29, 0.717) is 5.02 Å². The Hall–Kier alpha value is -1.46. The minimum Gasteiger partial charge on any atom is -0.365 e. The molecule has 1 atom stereocenters. The highest BCUT2D eigenvalue weighted by Crippen LogP contribution is 2.22. The molecule has 0 aliphatic carbocycles. The van der Waals surface area contributed by atoms with Crippen LogP contribution in [-0.4, -0.2) is 6.04 Å². The molecular formula is C11H11ClN2. The van der Waals surface area contributed by atoms with Gasteiger partial charge >= 0.3 is 0 Å². The van der Waals surface area contributed by atoms with Crippen LogP contribution in [0.5, 0.6) is 0 Å². The maximum Gasteiger partial charge on any atom is 0.135 e. The number of benzene rings is 1. The van der Waals surface area contributed by atoms with Gasteiger partial charge in [0.1, 0.15) is 6.04 Å². The molecule has 0 saturated heterocycles. The van der Waals surface area contributed by atoms with Crippen molar-refractivity contribution in [3.63, 3.8) is 0 Å². The van der Waals surface area contributed by atoms with Crippen molar-refractivity contribution in [1.82, 2.24) is 0 Å². The van der Waals surface area contributed by atoms with Crippen LogP contribution >= 0.6 is 11.6 Å². The predicted octanol–water partition coefficient (Wildman–Crippen LogP) is 3.22. The van der Waals surface area contributed by atoms with Crippen LogP contribution in [0.1, 0.15) is 6.92 Å². The Kier molecular flexibility index (Phi) is 3.55. The van der Waals surface area contributed by atoms with Gasteiger partial charge in [0.15, 0.2) is 0 Å². The van der Waals surface area contributed by atoms with Crippen LogP contribution in [0, 0.1) is 11.3 Å². The molecule has 0 aromatic heterocycles. The maximum atomic E-state index is 8.83. The zero-order valence-corrected chi connectivity index (χ0v) is 8.67. The van der Waals surface area contributed by atoms with Gasteiger partial charge < -0.3 is 5.32 Å². The van der Waals surface area contributed by atoms with Crippen molar-refractivity contribution in [2.24, 2.45) is 0 Å². The lowest BCUT2D eigenvalue weighted by Gasteiger charge is -2.13. The Morgan fingerprint density at radius 2 is 2.21 bits per heavy atom. The number of hydrogen-bond donors (Lipinski definition) is 1. The first-order valence-electron chi connectivity index (χ1n) is 4.21. The molecule has 0 amide bonds. The molecule has 0 radical (unpaired) electrons. The van der Waals surface area contributed by atoms with E-state index in [0.717, 1.165) is 11.3 Å². The van der Waals surface area contributed by atoms with E-state index in [9.17, 15) is 0 Å². The molecule has 3 heteroatoms. The normalized spacial score (nSPS) is 11.5. The van der Waals surface area contributed by atoms with Crippen LogP contribution in [0.25, 0.3) is 0 Å². The molecule has 1 rings (SSSR count). The zero-order chi connectivity index (χ0) is 10.6. The molecule has 0 fully saturated rings. The van der Waals surface area contributed by atoms with Crippen LogP contribution in [0.3, 0.4) is 0 Å². The summed E-state index contributed by atoms with van der Waals surface area (Å²) in [4.78, 5) is 0. The predicted molar refractivity (Wildman–Crippen MR) is 59.3 cm³/mol. The lowest BCUT2D eigenvalue weighted by molar-refractivity contribution is 1.03. The van der Waals surface area contributed by atoms with Crippen molar-refractivity contribution in [1.29, 1.82) is 5.26 Å². The molecule has 0 saturated carbocycles. The average molecular weight is 207 g/mol. The molecule has 1 aromatic carbocycles. The number of halogens is 1. The summed E-state index contributed by atoms with van der Waals surface area (Å²) in [5, 5.41) is 12.4. The summed E-state index contributed by atoms with van der Waals surface area (Å²) in [5.74, 6) is 0. The number of rotatable bonds is 3. The van der Waals surface area contributed by atoms with Crippen LogP contribution in [0.4, 0.5) is 5.69 Å². The molecule has 1 unspecified atom stereocenters. The fourth-order valence-corrected chi connectivity index (χ4v) is 1.19. The van der Waals surface area contributed by atoms with E-state index < -0.39 is 6.04 Å².